The monoisotopic (exact) mass is 316 g/mol. The van der Waals surface area contributed by atoms with Crippen molar-refractivity contribution in [1.29, 1.82) is 0 Å². The molecule has 4 heterocycles. The van der Waals surface area contributed by atoms with Gasteiger partial charge in [0.05, 0.1) is 22.6 Å². The number of para-hydroxylation sites is 2. The van der Waals surface area contributed by atoms with E-state index in [1.165, 1.54) is 0 Å². The zero-order chi connectivity index (χ0) is 16.1. The molecule has 0 amide bonds. The van der Waals surface area contributed by atoms with E-state index in [1.54, 1.807) is 0 Å². The summed E-state index contributed by atoms with van der Waals surface area (Å²) in [7, 11) is 0. The lowest BCUT2D eigenvalue weighted by atomic mass is 9.99. The molecule has 6 heteroatoms. The van der Waals surface area contributed by atoms with Gasteiger partial charge in [-0.25, -0.2) is 9.97 Å². The van der Waals surface area contributed by atoms with Crippen molar-refractivity contribution in [2.75, 3.05) is 18.0 Å². The maximum Gasteiger partial charge on any atom is 0.160 e. The fraction of sp³-hybridized carbons (Fsp3) is 0.222. The van der Waals surface area contributed by atoms with Gasteiger partial charge in [0.15, 0.2) is 11.5 Å². The summed E-state index contributed by atoms with van der Waals surface area (Å²) in [6.45, 7) is 3.81. The minimum Gasteiger partial charge on any atom is -0.353 e. The topological polar surface area (TPSA) is 59.2 Å². The second-order valence-corrected chi connectivity index (χ2v) is 6.21. The summed E-state index contributed by atoms with van der Waals surface area (Å²) in [5.74, 6) is 2.36. The van der Waals surface area contributed by atoms with Gasteiger partial charge in [0, 0.05) is 19.3 Å². The molecule has 0 saturated carbocycles. The third-order valence-corrected chi connectivity index (χ3v) is 4.61. The Labute approximate surface area is 138 Å². The molecule has 6 nitrogen and oxygen atoms in total. The minimum atomic E-state index is 0.370. The van der Waals surface area contributed by atoms with E-state index in [2.05, 4.69) is 24.5 Å². The number of aryl methyl sites for hydroxylation is 1. The predicted octanol–water partition coefficient (Wildman–Crippen LogP) is 2.58. The van der Waals surface area contributed by atoms with Gasteiger partial charge >= 0.3 is 0 Å². The van der Waals surface area contributed by atoms with E-state index in [0.29, 0.717) is 5.92 Å². The van der Waals surface area contributed by atoms with Crippen molar-refractivity contribution in [3.05, 3.63) is 60.2 Å². The zero-order valence-corrected chi connectivity index (χ0v) is 13.3. The van der Waals surface area contributed by atoms with Crippen molar-refractivity contribution < 1.29 is 0 Å². The van der Waals surface area contributed by atoms with Crippen LogP contribution in [-0.4, -0.2) is 37.7 Å². The van der Waals surface area contributed by atoms with Crippen molar-refractivity contribution in [3.63, 3.8) is 0 Å². The van der Waals surface area contributed by atoms with E-state index in [-0.39, 0.29) is 0 Å². The number of hydrogen-bond acceptors (Lipinski definition) is 5. The van der Waals surface area contributed by atoms with Crippen molar-refractivity contribution in [2.45, 2.75) is 12.8 Å². The maximum absolute atomic E-state index is 4.80. The lowest BCUT2D eigenvalue weighted by Gasteiger charge is -2.39. The van der Waals surface area contributed by atoms with Crippen LogP contribution in [0.4, 0.5) is 5.82 Å². The van der Waals surface area contributed by atoms with Gasteiger partial charge in [0.25, 0.3) is 0 Å². The molecule has 0 atom stereocenters. The molecule has 0 aliphatic carbocycles. The number of fused-ring (bicyclic) bond motifs is 2. The van der Waals surface area contributed by atoms with E-state index in [1.807, 2.05) is 55.6 Å². The van der Waals surface area contributed by atoms with Gasteiger partial charge in [-0.05, 0) is 31.2 Å². The Bertz CT molecular complexity index is 1050. The minimum absolute atomic E-state index is 0.370. The van der Waals surface area contributed by atoms with Gasteiger partial charge in [-0.2, -0.15) is 0 Å². The molecule has 0 spiro atoms. The van der Waals surface area contributed by atoms with Crippen LogP contribution in [0.2, 0.25) is 0 Å². The molecule has 1 aromatic carbocycles. The zero-order valence-electron chi connectivity index (χ0n) is 13.3. The average Bonchev–Trinajstić information content (AvgIpc) is 2.98. The van der Waals surface area contributed by atoms with Crippen LogP contribution >= 0.6 is 0 Å². The Hall–Kier alpha value is -3.02. The van der Waals surface area contributed by atoms with Crippen LogP contribution in [0.5, 0.6) is 0 Å². The third kappa shape index (κ3) is 1.96. The highest BCUT2D eigenvalue weighted by Gasteiger charge is 2.33. The fourth-order valence-corrected chi connectivity index (χ4v) is 3.33. The average molecular weight is 316 g/mol. The number of pyridine rings is 1. The quantitative estimate of drug-likeness (QED) is 0.569. The molecule has 118 valence electrons. The van der Waals surface area contributed by atoms with Crippen LogP contribution in [0.1, 0.15) is 17.4 Å². The highest BCUT2D eigenvalue weighted by Crippen LogP contribution is 2.31. The van der Waals surface area contributed by atoms with Gasteiger partial charge in [0.2, 0.25) is 0 Å². The van der Waals surface area contributed by atoms with E-state index in [9.17, 15) is 0 Å². The first-order valence-corrected chi connectivity index (χ1v) is 8.07. The van der Waals surface area contributed by atoms with Crippen LogP contribution in [0.15, 0.2) is 48.7 Å². The van der Waals surface area contributed by atoms with Gasteiger partial charge in [-0.1, -0.05) is 18.2 Å². The van der Waals surface area contributed by atoms with E-state index in [4.69, 9.17) is 4.98 Å². The molecular weight excluding hydrogens is 300 g/mol. The highest BCUT2D eigenvalue weighted by atomic mass is 15.3. The molecule has 0 unspecified atom stereocenters. The Kier molecular flexibility index (Phi) is 2.79. The SMILES string of the molecule is Cc1nc2ccccc2nc1N1CC(c2nnc3ccccn23)C1. The van der Waals surface area contributed by atoms with Gasteiger partial charge < -0.3 is 4.90 Å². The van der Waals surface area contributed by atoms with Crippen LogP contribution in [0, 0.1) is 6.92 Å². The Morgan fingerprint density at radius 3 is 2.50 bits per heavy atom. The molecule has 0 radical (unpaired) electrons. The van der Waals surface area contributed by atoms with Crippen LogP contribution in [0.25, 0.3) is 16.7 Å². The van der Waals surface area contributed by atoms with Crippen LogP contribution in [-0.2, 0) is 0 Å². The lowest BCUT2D eigenvalue weighted by Crippen LogP contribution is -2.46. The van der Waals surface area contributed by atoms with Crippen LogP contribution in [0.3, 0.4) is 0 Å². The summed E-state index contributed by atoms with van der Waals surface area (Å²) in [5, 5.41) is 8.61. The molecular formula is C18H16N6. The Morgan fingerprint density at radius 2 is 1.67 bits per heavy atom. The second-order valence-electron chi connectivity index (χ2n) is 6.21. The second kappa shape index (κ2) is 4.99. The van der Waals surface area contributed by atoms with Gasteiger partial charge in [0.1, 0.15) is 5.82 Å². The Morgan fingerprint density at radius 1 is 0.917 bits per heavy atom. The first-order chi connectivity index (χ1) is 11.8. The summed E-state index contributed by atoms with van der Waals surface area (Å²) < 4.78 is 2.07. The first kappa shape index (κ1) is 13.4. The lowest BCUT2D eigenvalue weighted by molar-refractivity contribution is 0.491. The van der Waals surface area contributed by atoms with E-state index >= 15 is 0 Å². The molecule has 3 aromatic heterocycles. The fourth-order valence-electron chi connectivity index (χ4n) is 3.33. The summed E-state index contributed by atoms with van der Waals surface area (Å²) in [6.07, 6.45) is 2.02. The van der Waals surface area contributed by atoms with E-state index < -0.39 is 0 Å². The van der Waals surface area contributed by atoms with Gasteiger partial charge in [-0.15, -0.1) is 10.2 Å². The standard InChI is InChI=1S/C18H16N6/c1-12-17(20-15-7-3-2-6-14(15)19-12)23-10-13(11-23)18-22-21-16-8-4-5-9-24(16)18/h2-9,13H,10-11H2,1H3. The number of hydrogen-bond donors (Lipinski definition) is 0. The molecule has 1 aliphatic heterocycles. The molecule has 1 fully saturated rings. The summed E-state index contributed by atoms with van der Waals surface area (Å²) in [6, 6.07) is 14.0. The number of anilines is 1. The highest BCUT2D eigenvalue weighted by molar-refractivity contribution is 5.76. The normalized spacial score (nSPS) is 15.1. The van der Waals surface area contributed by atoms with Crippen molar-refractivity contribution >= 4 is 22.5 Å². The van der Waals surface area contributed by atoms with E-state index in [0.717, 1.165) is 47.1 Å². The number of nitrogens with zero attached hydrogens (tertiary/aromatic N) is 6. The summed E-state index contributed by atoms with van der Waals surface area (Å²) >= 11 is 0. The van der Waals surface area contributed by atoms with Crippen molar-refractivity contribution in [2.24, 2.45) is 0 Å². The summed E-state index contributed by atoms with van der Waals surface area (Å²) in [5.41, 5.74) is 3.75. The van der Waals surface area contributed by atoms with Gasteiger partial charge in [-0.3, -0.25) is 4.40 Å². The molecule has 0 bridgehead atoms. The molecule has 1 saturated heterocycles. The predicted molar refractivity (Wildman–Crippen MR) is 92.2 cm³/mol. The van der Waals surface area contributed by atoms with Crippen molar-refractivity contribution in [3.8, 4) is 0 Å². The maximum atomic E-state index is 4.80. The third-order valence-electron chi connectivity index (χ3n) is 4.61. The molecule has 5 rings (SSSR count). The smallest absolute Gasteiger partial charge is 0.160 e. The number of benzene rings is 1. The van der Waals surface area contributed by atoms with Crippen molar-refractivity contribution in [1.82, 2.24) is 24.6 Å². The molecule has 0 N–H and O–H groups in total. The summed E-state index contributed by atoms with van der Waals surface area (Å²) in [4.78, 5) is 11.7. The molecule has 4 aromatic rings. The Balaban J connectivity index is 1.44. The molecule has 24 heavy (non-hydrogen) atoms. The largest absolute Gasteiger partial charge is 0.353 e. The van der Waals surface area contributed by atoms with Crippen LogP contribution < -0.4 is 4.90 Å². The molecule has 1 aliphatic rings. The number of aromatic nitrogens is 5. The first-order valence-electron chi connectivity index (χ1n) is 8.07. The number of rotatable bonds is 2.